The molecule has 1 heterocycles. The van der Waals surface area contributed by atoms with Gasteiger partial charge < -0.3 is 9.88 Å². The van der Waals surface area contributed by atoms with Gasteiger partial charge in [-0.15, -0.1) is 0 Å². The number of fused-ring (bicyclic) bond motifs is 1. The molecule has 0 radical (unpaired) electrons. The van der Waals surface area contributed by atoms with Crippen molar-refractivity contribution in [2.75, 3.05) is 6.54 Å². The van der Waals surface area contributed by atoms with Crippen LogP contribution in [-0.2, 0) is 17.8 Å². The van der Waals surface area contributed by atoms with Crippen molar-refractivity contribution in [3.8, 4) is 0 Å². The number of carbonyl (C=O) groups excluding carboxylic acids is 1. The molecule has 1 N–H and O–H groups in total. The van der Waals surface area contributed by atoms with Crippen LogP contribution in [0.4, 0.5) is 0 Å². The number of benzene rings is 1. The number of nitrogens with one attached hydrogen (secondary N) is 1. The van der Waals surface area contributed by atoms with Crippen molar-refractivity contribution in [2.45, 2.75) is 33.7 Å². The normalized spacial score (nSPS) is 11.2. The van der Waals surface area contributed by atoms with Gasteiger partial charge in [0.15, 0.2) is 0 Å². The van der Waals surface area contributed by atoms with Crippen LogP contribution < -0.4 is 5.32 Å². The summed E-state index contributed by atoms with van der Waals surface area (Å²) in [5.74, 6) is 1.16. The summed E-state index contributed by atoms with van der Waals surface area (Å²) < 4.78 is 2.21. The first-order valence-electron chi connectivity index (χ1n) is 6.85. The van der Waals surface area contributed by atoms with E-state index in [-0.39, 0.29) is 11.8 Å². The minimum Gasteiger partial charge on any atom is -0.355 e. The second-order valence-corrected chi connectivity index (χ2v) is 4.96. The zero-order chi connectivity index (χ0) is 13.8. The average Bonchev–Trinajstić information content (AvgIpc) is 2.75. The highest BCUT2D eigenvalue weighted by Gasteiger charge is 2.10. The smallest absolute Gasteiger partial charge is 0.222 e. The minimum atomic E-state index is 0.0324. The van der Waals surface area contributed by atoms with Crippen LogP contribution in [0.5, 0.6) is 0 Å². The largest absolute Gasteiger partial charge is 0.355 e. The number of hydrogen-bond acceptors (Lipinski definition) is 2. The predicted octanol–water partition coefficient (Wildman–Crippen LogP) is 2.37. The zero-order valence-electron chi connectivity index (χ0n) is 11.8. The van der Waals surface area contributed by atoms with Crippen LogP contribution in [0.15, 0.2) is 24.3 Å². The Kier molecular flexibility index (Phi) is 4.20. The van der Waals surface area contributed by atoms with E-state index in [9.17, 15) is 4.79 Å². The molecular weight excluding hydrogens is 238 g/mol. The van der Waals surface area contributed by atoms with Crippen molar-refractivity contribution in [2.24, 2.45) is 5.92 Å². The Morgan fingerprint density at radius 1 is 1.37 bits per heavy atom. The molecule has 1 amide bonds. The van der Waals surface area contributed by atoms with Crippen molar-refractivity contribution in [1.29, 1.82) is 0 Å². The van der Waals surface area contributed by atoms with E-state index >= 15 is 0 Å². The average molecular weight is 259 g/mol. The Morgan fingerprint density at radius 2 is 2.11 bits per heavy atom. The van der Waals surface area contributed by atoms with Gasteiger partial charge in [0.05, 0.1) is 11.0 Å². The molecular formula is C15H21N3O. The van der Waals surface area contributed by atoms with E-state index < -0.39 is 0 Å². The summed E-state index contributed by atoms with van der Waals surface area (Å²) in [6, 6.07) is 8.14. The standard InChI is InChI=1S/C15H21N3O/c1-4-18-13-8-6-5-7-12(13)17-14(18)9-10-16-15(19)11(2)3/h5-8,11H,4,9-10H2,1-3H3,(H,16,19). The summed E-state index contributed by atoms with van der Waals surface area (Å²) in [7, 11) is 0. The van der Waals surface area contributed by atoms with Gasteiger partial charge in [0.25, 0.3) is 0 Å². The van der Waals surface area contributed by atoms with E-state index in [2.05, 4.69) is 27.9 Å². The lowest BCUT2D eigenvalue weighted by Gasteiger charge is -2.08. The Morgan fingerprint density at radius 3 is 2.79 bits per heavy atom. The van der Waals surface area contributed by atoms with Crippen LogP contribution in [0.2, 0.25) is 0 Å². The summed E-state index contributed by atoms with van der Waals surface area (Å²) in [5.41, 5.74) is 2.18. The molecule has 0 fully saturated rings. The molecule has 2 aromatic rings. The highest BCUT2D eigenvalue weighted by Crippen LogP contribution is 2.15. The van der Waals surface area contributed by atoms with Crippen molar-refractivity contribution in [1.82, 2.24) is 14.9 Å². The lowest BCUT2D eigenvalue weighted by atomic mass is 10.2. The molecule has 0 unspecified atom stereocenters. The molecule has 0 aliphatic carbocycles. The number of rotatable bonds is 5. The first-order valence-corrected chi connectivity index (χ1v) is 6.85. The fourth-order valence-electron chi connectivity index (χ4n) is 2.17. The molecule has 0 saturated carbocycles. The van der Waals surface area contributed by atoms with Crippen LogP contribution >= 0.6 is 0 Å². The highest BCUT2D eigenvalue weighted by molar-refractivity contribution is 5.78. The summed E-state index contributed by atoms with van der Waals surface area (Å²) in [4.78, 5) is 16.2. The van der Waals surface area contributed by atoms with Gasteiger partial charge in [0.1, 0.15) is 5.82 Å². The third-order valence-corrected chi connectivity index (χ3v) is 3.22. The van der Waals surface area contributed by atoms with E-state index in [0.29, 0.717) is 6.54 Å². The maximum atomic E-state index is 11.5. The molecule has 4 nitrogen and oxygen atoms in total. The van der Waals surface area contributed by atoms with Crippen molar-refractivity contribution in [3.63, 3.8) is 0 Å². The monoisotopic (exact) mass is 259 g/mol. The number of imidazole rings is 1. The second kappa shape index (κ2) is 5.87. The van der Waals surface area contributed by atoms with Gasteiger partial charge in [-0.25, -0.2) is 4.98 Å². The van der Waals surface area contributed by atoms with Gasteiger partial charge in [-0.05, 0) is 19.1 Å². The number of nitrogens with zero attached hydrogens (tertiary/aromatic N) is 2. The Hall–Kier alpha value is -1.84. The van der Waals surface area contributed by atoms with Crippen LogP contribution in [-0.4, -0.2) is 22.0 Å². The van der Waals surface area contributed by atoms with Crippen LogP contribution in [0.3, 0.4) is 0 Å². The molecule has 102 valence electrons. The van der Waals surface area contributed by atoms with Gasteiger partial charge in [-0.1, -0.05) is 26.0 Å². The summed E-state index contributed by atoms with van der Waals surface area (Å²) in [6.45, 7) is 7.45. The van der Waals surface area contributed by atoms with Gasteiger partial charge in [0.2, 0.25) is 5.91 Å². The number of hydrogen-bond donors (Lipinski definition) is 1. The quantitative estimate of drug-likeness (QED) is 0.896. The van der Waals surface area contributed by atoms with Gasteiger partial charge >= 0.3 is 0 Å². The molecule has 1 aromatic carbocycles. The molecule has 2 rings (SSSR count). The van der Waals surface area contributed by atoms with E-state index in [0.717, 1.165) is 29.8 Å². The predicted molar refractivity (Wildman–Crippen MR) is 77.0 cm³/mol. The van der Waals surface area contributed by atoms with Crippen LogP contribution in [0.25, 0.3) is 11.0 Å². The van der Waals surface area contributed by atoms with E-state index in [1.165, 1.54) is 0 Å². The molecule has 0 bridgehead atoms. The van der Waals surface area contributed by atoms with Gasteiger partial charge in [-0.2, -0.15) is 0 Å². The molecule has 19 heavy (non-hydrogen) atoms. The molecule has 0 atom stereocenters. The summed E-state index contributed by atoms with van der Waals surface area (Å²) in [6.07, 6.45) is 0.765. The highest BCUT2D eigenvalue weighted by atomic mass is 16.1. The summed E-state index contributed by atoms with van der Waals surface area (Å²) in [5, 5.41) is 2.93. The lowest BCUT2D eigenvalue weighted by Crippen LogP contribution is -2.30. The van der Waals surface area contributed by atoms with Gasteiger partial charge in [0, 0.05) is 25.4 Å². The number of aryl methyl sites for hydroxylation is 1. The fourth-order valence-corrected chi connectivity index (χ4v) is 2.17. The Bertz CT molecular complexity index is 572. The van der Waals surface area contributed by atoms with Crippen LogP contribution in [0.1, 0.15) is 26.6 Å². The van der Waals surface area contributed by atoms with Gasteiger partial charge in [-0.3, -0.25) is 4.79 Å². The SMILES string of the molecule is CCn1c(CCNC(=O)C(C)C)nc2ccccc21. The number of amides is 1. The number of carbonyl (C=O) groups is 1. The van der Waals surface area contributed by atoms with E-state index in [1.807, 2.05) is 32.0 Å². The molecule has 0 aliphatic heterocycles. The van der Waals surface area contributed by atoms with Crippen molar-refractivity contribution >= 4 is 16.9 Å². The second-order valence-electron chi connectivity index (χ2n) is 4.96. The number of aromatic nitrogens is 2. The van der Waals surface area contributed by atoms with E-state index in [4.69, 9.17) is 0 Å². The first-order chi connectivity index (χ1) is 9.13. The molecule has 0 saturated heterocycles. The number of para-hydroxylation sites is 2. The molecule has 4 heteroatoms. The minimum absolute atomic E-state index is 0.0324. The molecule has 0 spiro atoms. The van der Waals surface area contributed by atoms with E-state index in [1.54, 1.807) is 0 Å². The molecule has 1 aromatic heterocycles. The van der Waals surface area contributed by atoms with Crippen molar-refractivity contribution in [3.05, 3.63) is 30.1 Å². The first kappa shape index (κ1) is 13.6. The Labute approximate surface area is 113 Å². The third-order valence-electron chi connectivity index (χ3n) is 3.22. The topological polar surface area (TPSA) is 46.9 Å². The lowest BCUT2D eigenvalue weighted by molar-refractivity contribution is -0.123. The van der Waals surface area contributed by atoms with Crippen LogP contribution in [0, 0.1) is 5.92 Å². The van der Waals surface area contributed by atoms with Crippen molar-refractivity contribution < 1.29 is 4.79 Å². The Balaban J connectivity index is 2.10. The summed E-state index contributed by atoms with van der Waals surface area (Å²) >= 11 is 0. The third kappa shape index (κ3) is 2.95. The zero-order valence-corrected chi connectivity index (χ0v) is 11.8. The molecule has 0 aliphatic rings. The maximum absolute atomic E-state index is 11.5. The fraction of sp³-hybridized carbons (Fsp3) is 0.467. The maximum Gasteiger partial charge on any atom is 0.222 e.